The lowest BCUT2D eigenvalue weighted by molar-refractivity contribution is -0.133. The van der Waals surface area contributed by atoms with Crippen molar-refractivity contribution in [2.24, 2.45) is 4.99 Å². The van der Waals surface area contributed by atoms with Crippen LogP contribution < -0.4 is 10.6 Å². The molecule has 1 aliphatic heterocycles. The topological polar surface area (TPSA) is 60.0 Å². The van der Waals surface area contributed by atoms with Crippen LogP contribution in [0.3, 0.4) is 0 Å². The van der Waals surface area contributed by atoms with Crippen molar-refractivity contribution in [3.05, 3.63) is 34.9 Å². The molecule has 0 radical (unpaired) electrons. The minimum Gasteiger partial charge on any atom is -0.357 e. The van der Waals surface area contributed by atoms with E-state index >= 15 is 0 Å². The van der Waals surface area contributed by atoms with Crippen molar-refractivity contribution < 1.29 is 4.79 Å². The number of hydrogen-bond donors (Lipinski definition) is 2. The Labute approximate surface area is 199 Å². The number of aliphatic imine (C=N–C) groups is 1. The van der Waals surface area contributed by atoms with E-state index in [2.05, 4.69) is 54.5 Å². The standard InChI is InChI=1S/C23H39N5O.HI/c1-6-24-23(26-12-10-20-16-18(2)15-19(3)17-20)25-11-8-14-28-13-7-9-21(28)22(29)27(4)5;/h15-17,21H,6-14H2,1-5H3,(H2,24,25,26);1H. The van der Waals surface area contributed by atoms with Gasteiger partial charge in [0, 0.05) is 40.3 Å². The number of nitrogens with one attached hydrogen (secondary N) is 2. The summed E-state index contributed by atoms with van der Waals surface area (Å²) in [7, 11) is 3.69. The van der Waals surface area contributed by atoms with Crippen LogP contribution in [0.25, 0.3) is 0 Å². The smallest absolute Gasteiger partial charge is 0.239 e. The molecule has 2 N–H and O–H groups in total. The highest BCUT2D eigenvalue weighted by molar-refractivity contribution is 14.0. The summed E-state index contributed by atoms with van der Waals surface area (Å²) >= 11 is 0. The monoisotopic (exact) mass is 529 g/mol. The van der Waals surface area contributed by atoms with Crippen LogP contribution in [0.4, 0.5) is 0 Å². The molecule has 0 bridgehead atoms. The number of likely N-dealkylation sites (N-methyl/N-ethyl adjacent to an activating group) is 1. The van der Waals surface area contributed by atoms with Gasteiger partial charge in [-0.3, -0.25) is 14.7 Å². The molecule has 1 aliphatic rings. The van der Waals surface area contributed by atoms with Crippen LogP contribution in [-0.2, 0) is 11.2 Å². The lowest BCUT2D eigenvalue weighted by Gasteiger charge is -2.25. The Morgan fingerprint density at radius 3 is 2.53 bits per heavy atom. The zero-order chi connectivity index (χ0) is 21.2. The number of halogens is 1. The van der Waals surface area contributed by atoms with E-state index < -0.39 is 0 Å². The van der Waals surface area contributed by atoms with E-state index in [4.69, 9.17) is 4.99 Å². The Balaban J connectivity index is 0.00000450. The zero-order valence-electron chi connectivity index (χ0n) is 19.3. The van der Waals surface area contributed by atoms with Gasteiger partial charge in [-0.1, -0.05) is 29.3 Å². The van der Waals surface area contributed by atoms with E-state index in [9.17, 15) is 4.79 Å². The summed E-state index contributed by atoms with van der Waals surface area (Å²) in [5, 5.41) is 6.77. The van der Waals surface area contributed by atoms with Gasteiger partial charge < -0.3 is 15.5 Å². The van der Waals surface area contributed by atoms with E-state index in [0.717, 1.165) is 64.4 Å². The highest BCUT2D eigenvalue weighted by Crippen LogP contribution is 2.18. The Kier molecular flexibility index (Phi) is 12.3. The molecule has 1 amide bonds. The average molecular weight is 530 g/mol. The first kappa shape index (κ1) is 26.7. The quantitative estimate of drug-likeness (QED) is 0.224. The zero-order valence-corrected chi connectivity index (χ0v) is 21.7. The largest absolute Gasteiger partial charge is 0.357 e. The SMILES string of the molecule is CCNC(=NCCCN1CCCC1C(=O)N(C)C)NCCc1cc(C)cc(C)c1.I. The van der Waals surface area contributed by atoms with Gasteiger partial charge in [0.2, 0.25) is 5.91 Å². The molecule has 30 heavy (non-hydrogen) atoms. The van der Waals surface area contributed by atoms with E-state index in [-0.39, 0.29) is 35.9 Å². The maximum absolute atomic E-state index is 12.3. The first-order valence-corrected chi connectivity index (χ1v) is 10.9. The molecule has 6 nitrogen and oxygen atoms in total. The molecule has 0 aliphatic carbocycles. The van der Waals surface area contributed by atoms with Crippen molar-refractivity contribution in [1.29, 1.82) is 0 Å². The molecule has 1 unspecified atom stereocenters. The maximum atomic E-state index is 12.3. The molecule has 0 aromatic heterocycles. The fourth-order valence-electron chi connectivity index (χ4n) is 4.02. The van der Waals surface area contributed by atoms with Gasteiger partial charge in [-0.15, -0.1) is 24.0 Å². The third kappa shape index (κ3) is 8.79. The number of carbonyl (C=O) groups is 1. The number of rotatable bonds is 9. The molecule has 1 atom stereocenters. The number of guanidine groups is 1. The second kappa shape index (κ2) is 13.9. The molecule has 7 heteroatoms. The highest BCUT2D eigenvalue weighted by Gasteiger charge is 2.30. The average Bonchev–Trinajstić information content (AvgIpc) is 3.12. The molecular weight excluding hydrogens is 489 g/mol. The number of nitrogens with zero attached hydrogens (tertiary/aromatic N) is 3. The van der Waals surface area contributed by atoms with Gasteiger partial charge in [-0.25, -0.2) is 0 Å². The minimum absolute atomic E-state index is 0. The summed E-state index contributed by atoms with van der Waals surface area (Å²) in [5.41, 5.74) is 3.98. The molecule has 0 spiro atoms. The number of carbonyl (C=O) groups excluding carboxylic acids is 1. The molecule has 1 aromatic rings. The molecule has 1 aromatic carbocycles. The van der Waals surface area contributed by atoms with E-state index in [1.165, 1.54) is 16.7 Å². The number of likely N-dealkylation sites (tertiary alicyclic amines) is 1. The number of aryl methyl sites for hydroxylation is 2. The molecule has 2 rings (SSSR count). The summed E-state index contributed by atoms with van der Waals surface area (Å²) in [6.45, 7) is 10.8. The number of amides is 1. The minimum atomic E-state index is 0. The van der Waals surface area contributed by atoms with Crippen LogP contribution in [0.15, 0.2) is 23.2 Å². The molecule has 1 fully saturated rings. The van der Waals surface area contributed by atoms with Crippen molar-refractivity contribution >= 4 is 35.8 Å². The van der Waals surface area contributed by atoms with Crippen molar-refractivity contribution in [3.63, 3.8) is 0 Å². The Bertz CT molecular complexity index is 672. The van der Waals surface area contributed by atoms with Gasteiger partial charge in [0.05, 0.1) is 6.04 Å². The highest BCUT2D eigenvalue weighted by atomic mass is 127. The first-order chi connectivity index (χ1) is 13.9. The maximum Gasteiger partial charge on any atom is 0.239 e. The summed E-state index contributed by atoms with van der Waals surface area (Å²) < 4.78 is 0. The fraction of sp³-hybridized carbons (Fsp3) is 0.652. The van der Waals surface area contributed by atoms with Crippen LogP contribution in [0, 0.1) is 13.8 Å². The third-order valence-corrected chi connectivity index (χ3v) is 5.29. The van der Waals surface area contributed by atoms with Crippen molar-refractivity contribution in [2.45, 2.75) is 52.5 Å². The van der Waals surface area contributed by atoms with Crippen LogP contribution in [-0.4, -0.2) is 74.5 Å². The summed E-state index contributed by atoms with van der Waals surface area (Å²) in [5.74, 6) is 1.10. The van der Waals surface area contributed by atoms with Gasteiger partial charge in [0.25, 0.3) is 0 Å². The summed E-state index contributed by atoms with van der Waals surface area (Å²) in [6.07, 6.45) is 4.03. The van der Waals surface area contributed by atoms with Crippen molar-refractivity contribution in [3.8, 4) is 0 Å². The molecule has 1 heterocycles. The van der Waals surface area contributed by atoms with Crippen LogP contribution in [0.5, 0.6) is 0 Å². The second-order valence-corrected chi connectivity index (χ2v) is 8.21. The van der Waals surface area contributed by atoms with Gasteiger partial charge in [0.15, 0.2) is 5.96 Å². The number of hydrogen-bond acceptors (Lipinski definition) is 3. The van der Waals surface area contributed by atoms with Crippen LogP contribution >= 0.6 is 24.0 Å². The summed E-state index contributed by atoms with van der Waals surface area (Å²) in [6, 6.07) is 6.76. The Morgan fingerprint density at radius 2 is 1.90 bits per heavy atom. The van der Waals surface area contributed by atoms with Gasteiger partial charge >= 0.3 is 0 Å². The van der Waals surface area contributed by atoms with Crippen molar-refractivity contribution in [2.75, 3.05) is 46.8 Å². The number of benzene rings is 1. The predicted molar refractivity (Wildman–Crippen MR) is 137 cm³/mol. The van der Waals surface area contributed by atoms with Gasteiger partial charge in [0.1, 0.15) is 0 Å². The predicted octanol–water partition coefficient (Wildman–Crippen LogP) is 2.96. The Morgan fingerprint density at radius 1 is 1.20 bits per heavy atom. The molecule has 0 saturated carbocycles. The fourth-order valence-corrected chi connectivity index (χ4v) is 4.02. The molecular formula is C23H40IN5O. The van der Waals surface area contributed by atoms with Crippen LogP contribution in [0.2, 0.25) is 0 Å². The second-order valence-electron chi connectivity index (χ2n) is 8.21. The third-order valence-electron chi connectivity index (χ3n) is 5.29. The van der Waals surface area contributed by atoms with Gasteiger partial charge in [-0.2, -0.15) is 0 Å². The first-order valence-electron chi connectivity index (χ1n) is 10.9. The van der Waals surface area contributed by atoms with E-state index in [1.807, 2.05) is 14.1 Å². The van der Waals surface area contributed by atoms with Crippen molar-refractivity contribution in [1.82, 2.24) is 20.4 Å². The lowest BCUT2D eigenvalue weighted by atomic mass is 10.1. The Hall–Kier alpha value is -1.35. The normalized spacial score (nSPS) is 16.8. The van der Waals surface area contributed by atoms with E-state index in [0.29, 0.717) is 0 Å². The van der Waals surface area contributed by atoms with E-state index in [1.54, 1.807) is 4.90 Å². The van der Waals surface area contributed by atoms with Crippen LogP contribution in [0.1, 0.15) is 42.9 Å². The van der Waals surface area contributed by atoms with Gasteiger partial charge in [-0.05, 0) is 58.6 Å². The lowest BCUT2D eigenvalue weighted by Crippen LogP contribution is -2.43. The molecule has 170 valence electrons. The molecule has 1 saturated heterocycles. The summed E-state index contributed by atoms with van der Waals surface area (Å²) in [4.78, 5) is 21.0.